The molecule has 0 saturated heterocycles. The topological polar surface area (TPSA) is 57.2 Å². The van der Waals surface area contributed by atoms with Crippen LogP contribution in [0.15, 0.2) is 23.1 Å². The van der Waals surface area contributed by atoms with E-state index in [-0.39, 0.29) is 0 Å². The molecule has 1 aromatic carbocycles. The van der Waals surface area contributed by atoms with E-state index >= 15 is 0 Å². The Morgan fingerprint density at radius 2 is 2.00 bits per heavy atom. The van der Waals surface area contributed by atoms with Crippen LogP contribution in [0.5, 0.6) is 0 Å². The Labute approximate surface area is 69.6 Å². The van der Waals surface area contributed by atoms with Crippen LogP contribution in [0, 0.1) is 12.7 Å². The molecule has 0 bridgehead atoms. The summed E-state index contributed by atoms with van der Waals surface area (Å²) in [7, 11) is -4.53. The van der Waals surface area contributed by atoms with Gasteiger partial charge in [-0.2, -0.15) is 0 Å². The van der Waals surface area contributed by atoms with Crippen LogP contribution in [0.3, 0.4) is 0 Å². The van der Waals surface area contributed by atoms with Gasteiger partial charge in [0.2, 0.25) is 0 Å². The van der Waals surface area contributed by atoms with Crippen molar-refractivity contribution < 1.29 is 17.4 Å². The largest absolute Gasteiger partial charge is 0.744 e. The third-order valence-corrected chi connectivity index (χ3v) is 2.26. The van der Waals surface area contributed by atoms with Crippen molar-refractivity contribution in [2.45, 2.75) is 11.8 Å². The van der Waals surface area contributed by atoms with E-state index in [4.69, 9.17) is 0 Å². The molecular formula is C7H6FO3S-. The first-order valence-electron chi connectivity index (χ1n) is 3.13. The molecule has 5 heteroatoms. The molecule has 0 aromatic heterocycles. The molecular weight excluding hydrogens is 183 g/mol. The monoisotopic (exact) mass is 189 g/mol. The van der Waals surface area contributed by atoms with Gasteiger partial charge in [0.1, 0.15) is 15.9 Å². The van der Waals surface area contributed by atoms with Crippen LogP contribution in [-0.2, 0) is 10.1 Å². The third kappa shape index (κ3) is 1.80. The molecule has 0 heterocycles. The van der Waals surface area contributed by atoms with Crippen LogP contribution in [0.1, 0.15) is 5.56 Å². The fraction of sp³-hybridized carbons (Fsp3) is 0.143. The van der Waals surface area contributed by atoms with E-state index in [1.165, 1.54) is 13.0 Å². The Hall–Kier alpha value is -0.940. The highest BCUT2D eigenvalue weighted by atomic mass is 32.2. The summed E-state index contributed by atoms with van der Waals surface area (Å²) in [5.41, 5.74) is 0.308. The molecule has 0 amide bonds. The Morgan fingerprint density at radius 3 is 2.42 bits per heavy atom. The first-order chi connectivity index (χ1) is 5.41. The van der Waals surface area contributed by atoms with Crippen LogP contribution in [0.25, 0.3) is 0 Å². The van der Waals surface area contributed by atoms with Crippen LogP contribution < -0.4 is 0 Å². The van der Waals surface area contributed by atoms with Gasteiger partial charge in [-0.3, -0.25) is 0 Å². The van der Waals surface area contributed by atoms with Gasteiger partial charge in [0.15, 0.2) is 0 Å². The summed E-state index contributed by atoms with van der Waals surface area (Å²) in [6.07, 6.45) is 0. The zero-order valence-corrected chi connectivity index (χ0v) is 7.06. The van der Waals surface area contributed by atoms with E-state index in [9.17, 15) is 17.4 Å². The van der Waals surface area contributed by atoms with Gasteiger partial charge in [-0.25, -0.2) is 12.8 Å². The molecule has 0 aliphatic rings. The molecule has 0 fully saturated rings. The van der Waals surface area contributed by atoms with Crippen molar-refractivity contribution in [1.29, 1.82) is 0 Å². The second-order valence-electron chi connectivity index (χ2n) is 2.37. The zero-order chi connectivity index (χ0) is 9.35. The fourth-order valence-electron chi connectivity index (χ4n) is 0.729. The van der Waals surface area contributed by atoms with E-state index in [0.717, 1.165) is 12.1 Å². The number of aryl methyl sites for hydroxylation is 1. The summed E-state index contributed by atoms with van der Waals surface area (Å²) < 4.78 is 43.8. The molecule has 66 valence electrons. The SMILES string of the molecule is Cc1ccc(S(=O)(=O)[O-])cc1F. The van der Waals surface area contributed by atoms with Gasteiger partial charge in [-0.15, -0.1) is 0 Å². The molecule has 3 nitrogen and oxygen atoms in total. The maximum absolute atomic E-state index is 12.7. The molecule has 0 unspecified atom stereocenters. The van der Waals surface area contributed by atoms with Crippen molar-refractivity contribution in [1.82, 2.24) is 0 Å². The van der Waals surface area contributed by atoms with E-state index in [2.05, 4.69) is 0 Å². The minimum Gasteiger partial charge on any atom is -0.744 e. The third-order valence-electron chi connectivity index (χ3n) is 1.43. The minimum absolute atomic E-state index is 0.308. The van der Waals surface area contributed by atoms with Crippen LogP contribution >= 0.6 is 0 Å². The standard InChI is InChI=1S/C7H7FO3S/c1-5-2-3-6(4-7(5)8)12(9,10)11/h2-4H,1H3,(H,9,10,11)/p-1. The van der Waals surface area contributed by atoms with Gasteiger partial charge in [0, 0.05) is 0 Å². The van der Waals surface area contributed by atoms with E-state index in [1.807, 2.05) is 0 Å². The van der Waals surface area contributed by atoms with Crippen molar-refractivity contribution in [2.75, 3.05) is 0 Å². The highest BCUT2D eigenvalue weighted by Crippen LogP contribution is 2.13. The maximum Gasteiger partial charge on any atom is 0.127 e. The quantitative estimate of drug-likeness (QED) is 0.620. The lowest BCUT2D eigenvalue weighted by molar-refractivity contribution is 0.462. The summed E-state index contributed by atoms with van der Waals surface area (Å²) in [6.45, 7) is 1.48. The van der Waals surface area contributed by atoms with Crippen LogP contribution in [0.4, 0.5) is 4.39 Å². The van der Waals surface area contributed by atoms with Crippen LogP contribution in [-0.4, -0.2) is 13.0 Å². The molecule has 0 aliphatic heterocycles. The van der Waals surface area contributed by atoms with Crippen molar-refractivity contribution in [3.05, 3.63) is 29.6 Å². The highest BCUT2D eigenvalue weighted by Gasteiger charge is 2.03. The maximum atomic E-state index is 12.7. The van der Waals surface area contributed by atoms with Crippen molar-refractivity contribution in [3.8, 4) is 0 Å². The Morgan fingerprint density at radius 1 is 1.42 bits per heavy atom. The highest BCUT2D eigenvalue weighted by molar-refractivity contribution is 7.85. The molecule has 1 rings (SSSR count). The molecule has 0 radical (unpaired) electrons. The van der Waals surface area contributed by atoms with Crippen molar-refractivity contribution in [3.63, 3.8) is 0 Å². The summed E-state index contributed by atoms with van der Waals surface area (Å²) >= 11 is 0. The second kappa shape index (κ2) is 2.84. The lowest BCUT2D eigenvalue weighted by Crippen LogP contribution is -1.99. The number of halogens is 1. The first kappa shape index (κ1) is 9.15. The van der Waals surface area contributed by atoms with Crippen molar-refractivity contribution in [2.24, 2.45) is 0 Å². The summed E-state index contributed by atoms with van der Waals surface area (Å²) in [5.74, 6) is -0.688. The van der Waals surface area contributed by atoms with Crippen molar-refractivity contribution >= 4 is 10.1 Å². The van der Waals surface area contributed by atoms with Gasteiger partial charge in [0.05, 0.1) is 4.90 Å². The Bertz CT molecular complexity index is 397. The Balaban J connectivity index is 3.33. The minimum atomic E-state index is -4.53. The van der Waals surface area contributed by atoms with E-state index in [1.54, 1.807) is 0 Å². The van der Waals surface area contributed by atoms with E-state index in [0.29, 0.717) is 5.56 Å². The molecule has 1 aromatic rings. The molecule has 0 N–H and O–H groups in total. The predicted molar refractivity (Wildman–Crippen MR) is 39.1 cm³/mol. The van der Waals surface area contributed by atoms with E-state index < -0.39 is 20.8 Å². The van der Waals surface area contributed by atoms with Gasteiger partial charge in [0.25, 0.3) is 0 Å². The smallest absolute Gasteiger partial charge is 0.127 e. The second-order valence-corrected chi connectivity index (χ2v) is 3.74. The summed E-state index contributed by atoms with van der Waals surface area (Å²) in [4.78, 5) is -0.536. The number of rotatable bonds is 1. The summed E-state index contributed by atoms with van der Waals surface area (Å²) in [5, 5.41) is 0. The molecule has 0 aliphatic carbocycles. The lowest BCUT2D eigenvalue weighted by Gasteiger charge is -2.06. The van der Waals surface area contributed by atoms with Gasteiger partial charge < -0.3 is 4.55 Å². The number of benzene rings is 1. The first-order valence-corrected chi connectivity index (χ1v) is 4.54. The lowest BCUT2D eigenvalue weighted by atomic mass is 10.2. The van der Waals surface area contributed by atoms with Gasteiger partial charge in [-0.05, 0) is 24.6 Å². The molecule has 0 saturated carbocycles. The number of hydrogen-bond acceptors (Lipinski definition) is 3. The average Bonchev–Trinajstić information content (AvgIpc) is 1.92. The summed E-state index contributed by atoms with van der Waals surface area (Å²) in [6, 6.07) is 3.05. The fourth-order valence-corrected chi connectivity index (χ4v) is 1.21. The molecule has 12 heavy (non-hydrogen) atoms. The average molecular weight is 189 g/mol. The predicted octanol–water partition coefficient (Wildman–Crippen LogP) is 1.04. The Kier molecular flexibility index (Phi) is 2.16. The normalized spacial score (nSPS) is 11.6. The van der Waals surface area contributed by atoms with Gasteiger partial charge in [-0.1, -0.05) is 6.07 Å². The molecule has 0 spiro atoms. The van der Waals surface area contributed by atoms with Crippen LogP contribution in [0.2, 0.25) is 0 Å². The molecule has 0 atom stereocenters. The number of hydrogen-bond donors (Lipinski definition) is 0. The van der Waals surface area contributed by atoms with Gasteiger partial charge >= 0.3 is 0 Å². The zero-order valence-electron chi connectivity index (χ0n) is 6.24.